The van der Waals surface area contributed by atoms with Gasteiger partial charge < -0.3 is 15.1 Å². The van der Waals surface area contributed by atoms with Crippen LogP contribution in [0, 0.1) is 12.8 Å². The van der Waals surface area contributed by atoms with Crippen LogP contribution in [-0.4, -0.2) is 10.1 Å². The first-order valence-corrected chi connectivity index (χ1v) is 9.81. The van der Waals surface area contributed by atoms with Crippen LogP contribution in [0.15, 0.2) is 33.5 Å². The minimum atomic E-state index is -0.351. The Bertz CT molecular complexity index is 1050. The van der Waals surface area contributed by atoms with Gasteiger partial charge in [0.15, 0.2) is 10.2 Å². The van der Waals surface area contributed by atoms with E-state index in [1.165, 1.54) is 23.1 Å². The molecule has 2 heterocycles. The quantitative estimate of drug-likeness (QED) is 0.500. The summed E-state index contributed by atoms with van der Waals surface area (Å²) in [7, 11) is 0. The number of nitrogens with zero attached hydrogens (tertiary/aromatic N) is 1. The predicted molar refractivity (Wildman–Crippen MR) is 110 cm³/mol. The van der Waals surface area contributed by atoms with Gasteiger partial charge in [-0.2, -0.15) is 0 Å². The molecule has 0 spiro atoms. The molecule has 1 aromatic carbocycles. The van der Waals surface area contributed by atoms with Crippen molar-refractivity contribution in [1.82, 2.24) is 4.98 Å². The molecule has 2 N–H and O–H groups in total. The number of hydrogen-bond donors (Lipinski definition) is 2. The van der Waals surface area contributed by atoms with Gasteiger partial charge in [0.05, 0.1) is 5.69 Å². The topological polar surface area (TPSA) is 67.2 Å². The van der Waals surface area contributed by atoms with Crippen LogP contribution >= 0.6 is 23.6 Å². The first kappa shape index (κ1) is 17.2. The minimum Gasteiger partial charge on any atom is -0.423 e. The van der Waals surface area contributed by atoms with Crippen molar-refractivity contribution in [3.8, 4) is 0 Å². The van der Waals surface area contributed by atoms with Crippen molar-refractivity contribution in [2.45, 2.75) is 33.1 Å². The number of thiazole rings is 1. The molecule has 0 amide bonds. The maximum atomic E-state index is 11.6. The lowest BCUT2D eigenvalue weighted by Crippen LogP contribution is -2.19. The van der Waals surface area contributed by atoms with Gasteiger partial charge in [-0.15, -0.1) is 11.3 Å². The number of fused-ring (bicyclic) bond motifs is 2. The van der Waals surface area contributed by atoms with Crippen LogP contribution in [-0.2, 0) is 12.8 Å². The largest absolute Gasteiger partial charge is 0.423 e. The van der Waals surface area contributed by atoms with Crippen LogP contribution in [0.3, 0.4) is 0 Å². The maximum absolute atomic E-state index is 11.6. The normalized spacial score (nSPS) is 16.3. The Morgan fingerprint density at radius 2 is 2.19 bits per heavy atom. The first-order chi connectivity index (χ1) is 12.5. The van der Waals surface area contributed by atoms with Gasteiger partial charge in [0.1, 0.15) is 5.58 Å². The summed E-state index contributed by atoms with van der Waals surface area (Å²) < 4.78 is 5.28. The molecular weight excluding hydrogens is 366 g/mol. The zero-order chi connectivity index (χ0) is 18.3. The van der Waals surface area contributed by atoms with Gasteiger partial charge >= 0.3 is 5.63 Å². The molecule has 4 rings (SSSR count). The highest BCUT2D eigenvalue weighted by Gasteiger charge is 2.20. The Kier molecular flexibility index (Phi) is 4.50. The fraction of sp³-hybridized carbons (Fsp3) is 0.316. The van der Waals surface area contributed by atoms with Crippen LogP contribution in [0.2, 0.25) is 0 Å². The highest BCUT2D eigenvalue weighted by atomic mass is 32.1. The van der Waals surface area contributed by atoms with Gasteiger partial charge in [0.2, 0.25) is 0 Å². The fourth-order valence-electron chi connectivity index (χ4n) is 3.26. The number of hydrogen-bond acceptors (Lipinski definition) is 5. The molecule has 7 heteroatoms. The molecule has 134 valence electrons. The number of benzene rings is 1. The van der Waals surface area contributed by atoms with Crippen LogP contribution in [0.25, 0.3) is 11.0 Å². The van der Waals surface area contributed by atoms with Crippen molar-refractivity contribution in [2.75, 3.05) is 10.6 Å². The van der Waals surface area contributed by atoms with Crippen LogP contribution in [0.1, 0.15) is 29.5 Å². The van der Waals surface area contributed by atoms with E-state index in [9.17, 15) is 4.79 Å². The van der Waals surface area contributed by atoms with Crippen LogP contribution < -0.4 is 16.3 Å². The molecule has 0 saturated carbocycles. The molecule has 1 aliphatic carbocycles. The summed E-state index contributed by atoms with van der Waals surface area (Å²) in [6, 6.07) is 7.11. The number of anilines is 2. The van der Waals surface area contributed by atoms with Gasteiger partial charge in [-0.1, -0.05) is 6.92 Å². The molecule has 1 unspecified atom stereocenters. The lowest BCUT2D eigenvalue weighted by Gasteiger charge is -2.15. The lowest BCUT2D eigenvalue weighted by molar-refractivity contribution is 0.502. The van der Waals surface area contributed by atoms with E-state index in [0.29, 0.717) is 10.7 Å². The van der Waals surface area contributed by atoms with E-state index < -0.39 is 0 Å². The van der Waals surface area contributed by atoms with Crippen molar-refractivity contribution in [3.05, 3.63) is 50.8 Å². The average Bonchev–Trinajstić information content (AvgIpc) is 2.95. The number of aryl methyl sites for hydroxylation is 2. The van der Waals surface area contributed by atoms with Gasteiger partial charge in [0.25, 0.3) is 0 Å². The second kappa shape index (κ2) is 6.81. The minimum absolute atomic E-state index is 0.351. The zero-order valence-electron chi connectivity index (χ0n) is 14.6. The summed E-state index contributed by atoms with van der Waals surface area (Å²) in [5.41, 5.74) is 3.04. The molecule has 0 aliphatic heterocycles. The summed E-state index contributed by atoms with van der Waals surface area (Å²) in [6.07, 6.45) is 3.33. The number of aromatic nitrogens is 1. The number of nitrogens with one attached hydrogen (secondary N) is 2. The molecule has 1 aliphatic rings. The Labute approximate surface area is 160 Å². The second-order valence-corrected chi connectivity index (χ2v) is 8.27. The van der Waals surface area contributed by atoms with Gasteiger partial charge in [-0.25, -0.2) is 9.78 Å². The molecule has 0 fully saturated rings. The predicted octanol–water partition coefficient (Wildman–Crippen LogP) is 4.49. The standard InChI is InChI=1S/C19H19N3O2S2/c1-10-3-6-14-16(7-10)26-19(21-14)22-18(25)20-12-4-5-13-11(2)8-17(23)24-15(13)9-12/h4-5,8-10H,3,6-7H2,1-2H3,(H2,20,21,22,25). The third-order valence-corrected chi connectivity index (χ3v) is 5.86. The summed E-state index contributed by atoms with van der Waals surface area (Å²) in [5, 5.41) is 8.51. The van der Waals surface area contributed by atoms with Crippen molar-refractivity contribution in [3.63, 3.8) is 0 Å². The fourth-order valence-corrected chi connectivity index (χ4v) is 4.71. The van der Waals surface area contributed by atoms with Crippen molar-refractivity contribution in [1.29, 1.82) is 0 Å². The van der Waals surface area contributed by atoms with E-state index in [4.69, 9.17) is 16.6 Å². The van der Waals surface area contributed by atoms with E-state index >= 15 is 0 Å². The SMILES string of the molecule is Cc1cc(=O)oc2cc(NC(=S)Nc3nc4c(s3)CC(C)CC4)ccc12. The molecule has 3 aromatic rings. The summed E-state index contributed by atoms with van der Waals surface area (Å²) in [6.45, 7) is 4.17. The van der Waals surface area contributed by atoms with Gasteiger partial charge in [-0.3, -0.25) is 0 Å². The van der Waals surface area contributed by atoms with Crippen LogP contribution in [0.5, 0.6) is 0 Å². The molecule has 0 bridgehead atoms. The average molecular weight is 386 g/mol. The summed E-state index contributed by atoms with van der Waals surface area (Å²) >= 11 is 7.08. The van der Waals surface area contributed by atoms with Gasteiger partial charge in [-0.05, 0) is 62.0 Å². The second-order valence-electron chi connectivity index (χ2n) is 6.78. The maximum Gasteiger partial charge on any atom is 0.336 e. The van der Waals surface area contributed by atoms with Gasteiger partial charge in [0, 0.05) is 28.1 Å². The van der Waals surface area contributed by atoms with E-state index in [1.807, 2.05) is 19.1 Å². The third kappa shape index (κ3) is 3.50. The van der Waals surface area contributed by atoms with Crippen molar-refractivity contribution < 1.29 is 4.42 Å². The smallest absolute Gasteiger partial charge is 0.336 e. The van der Waals surface area contributed by atoms with Crippen LogP contribution in [0.4, 0.5) is 10.8 Å². The van der Waals surface area contributed by atoms with E-state index in [0.717, 1.165) is 40.5 Å². The monoisotopic (exact) mass is 385 g/mol. The molecule has 0 saturated heterocycles. The molecule has 26 heavy (non-hydrogen) atoms. The van der Waals surface area contributed by atoms with E-state index in [1.54, 1.807) is 17.4 Å². The highest BCUT2D eigenvalue weighted by molar-refractivity contribution is 7.80. The zero-order valence-corrected chi connectivity index (χ0v) is 16.2. The number of rotatable bonds is 2. The number of thiocarbonyl (C=S) groups is 1. The molecule has 1 atom stereocenters. The molecule has 0 radical (unpaired) electrons. The van der Waals surface area contributed by atoms with Crippen molar-refractivity contribution >= 4 is 50.5 Å². The lowest BCUT2D eigenvalue weighted by atomic mass is 9.93. The highest BCUT2D eigenvalue weighted by Crippen LogP contribution is 2.32. The van der Waals surface area contributed by atoms with E-state index in [2.05, 4.69) is 22.5 Å². The summed E-state index contributed by atoms with van der Waals surface area (Å²) in [5.74, 6) is 0.719. The molecule has 5 nitrogen and oxygen atoms in total. The Hall–Kier alpha value is -2.25. The molecule has 2 aromatic heterocycles. The van der Waals surface area contributed by atoms with Crippen molar-refractivity contribution in [2.24, 2.45) is 5.92 Å². The Morgan fingerprint density at radius 3 is 3.04 bits per heavy atom. The first-order valence-electron chi connectivity index (χ1n) is 8.59. The van der Waals surface area contributed by atoms with E-state index in [-0.39, 0.29) is 5.63 Å². The Morgan fingerprint density at radius 1 is 1.35 bits per heavy atom. The third-order valence-electron chi connectivity index (χ3n) is 4.62. The Balaban J connectivity index is 1.50. The molecular formula is C19H19N3O2S2. The summed E-state index contributed by atoms with van der Waals surface area (Å²) in [4.78, 5) is 17.6.